The molecule has 0 saturated carbocycles. The summed E-state index contributed by atoms with van der Waals surface area (Å²) in [4.78, 5) is 12.3. The second-order valence-corrected chi connectivity index (χ2v) is 5.81. The van der Waals surface area contributed by atoms with Gasteiger partial charge in [0.2, 0.25) is 5.91 Å². The smallest absolute Gasteiger partial charge is 0.221 e. The SMILES string of the molecule is CC(=O)Nc1cccc(NCc2cn[nH]c2-c2cccs2)c1. The molecule has 5 nitrogen and oxygen atoms in total. The molecular weight excluding hydrogens is 296 g/mol. The van der Waals surface area contributed by atoms with Gasteiger partial charge >= 0.3 is 0 Å². The number of H-pyrrole nitrogens is 1. The van der Waals surface area contributed by atoms with Crippen molar-refractivity contribution in [2.45, 2.75) is 13.5 Å². The normalized spacial score (nSPS) is 10.4. The molecule has 6 heteroatoms. The van der Waals surface area contributed by atoms with E-state index in [0.29, 0.717) is 6.54 Å². The predicted molar refractivity (Wildman–Crippen MR) is 90.0 cm³/mol. The Hall–Kier alpha value is -2.60. The van der Waals surface area contributed by atoms with Gasteiger partial charge in [-0.2, -0.15) is 5.10 Å². The fraction of sp³-hybridized carbons (Fsp3) is 0.125. The fourth-order valence-corrected chi connectivity index (χ4v) is 2.94. The molecule has 0 unspecified atom stereocenters. The van der Waals surface area contributed by atoms with Crippen LogP contribution in [0.4, 0.5) is 11.4 Å². The van der Waals surface area contributed by atoms with E-state index in [4.69, 9.17) is 0 Å². The van der Waals surface area contributed by atoms with E-state index >= 15 is 0 Å². The van der Waals surface area contributed by atoms with Crippen LogP contribution in [0.15, 0.2) is 48.0 Å². The van der Waals surface area contributed by atoms with Gasteiger partial charge in [0, 0.05) is 30.4 Å². The lowest BCUT2D eigenvalue weighted by molar-refractivity contribution is -0.114. The van der Waals surface area contributed by atoms with Crippen LogP contribution in [0, 0.1) is 0 Å². The summed E-state index contributed by atoms with van der Waals surface area (Å²) in [6.45, 7) is 2.16. The molecule has 1 aromatic carbocycles. The van der Waals surface area contributed by atoms with Crippen molar-refractivity contribution in [3.63, 3.8) is 0 Å². The first-order valence-electron chi connectivity index (χ1n) is 6.90. The van der Waals surface area contributed by atoms with Crippen LogP contribution in [-0.2, 0) is 11.3 Å². The number of aromatic nitrogens is 2. The number of carbonyl (C=O) groups is 1. The predicted octanol–water partition coefficient (Wildman–Crippen LogP) is 3.71. The van der Waals surface area contributed by atoms with Crippen LogP contribution >= 0.6 is 11.3 Å². The minimum atomic E-state index is -0.0769. The highest BCUT2D eigenvalue weighted by Gasteiger charge is 2.08. The molecule has 22 heavy (non-hydrogen) atoms. The second kappa shape index (κ2) is 6.44. The van der Waals surface area contributed by atoms with Gasteiger partial charge < -0.3 is 10.6 Å². The van der Waals surface area contributed by atoms with Crippen LogP contribution < -0.4 is 10.6 Å². The first-order valence-corrected chi connectivity index (χ1v) is 7.78. The Morgan fingerprint density at radius 1 is 1.27 bits per heavy atom. The first-order chi connectivity index (χ1) is 10.7. The highest BCUT2D eigenvalue weighted by molar-refractivity contribution is 7.13. The Kier molecular flexibility index (Phi) is 4.20. The van der Waals surface area contributed by atoms with Gasteiger partial charge in [0.25, 0.3) is 0 Å². The molecule has 0 spiro atoms. The van der Waals surface area contributed by atoms with E-state index in [1.165, 1.54) is 11.8 Å². The molecule has 3 N–H and O–H groups in total. The molecule has 0 saturated heterocycles. The highest BCUT2D eigenvalue weighted by Crippen LogP contribution is 2.26. The number of hydrogen-bond acceptors (Lipinski definition) is 4. The lowest BCUT2D eigenvalue weighted by atomic mass is 10.2. The number of hydrogen-bond donors (Lipinski definition) is 3. The van der Waals surface area contributed by atoms with Gasteiger partial charge in [-0.15, -0.1) is 11.3 Å². The van der Waals surface area contributed by atoms with Crippen molar-refractivity contribution >= 4 is 28.6 Å². The van der Waals surface area contributed by atoms with E-state index in [0.717, 1.165) is 22.6 Å². The van der Waals surface area contributed by atoms with Crippen LogP contribution in [0.3, 0.4) is 0 Å². The summed E-state index contributed by atoms with van der Waals surface area (Å²) in [5.74, 6) is -0.0769. The number of carbonyl (C=O) groups excluding carboxylic acids is 1. The molecule has 1 amide bonds. The van der Waals surface area contributed by atoms with Crippen molar-refractivity contribution in [3.05, 3.63) is 53.5 Å². The third-order valence-corrected chi connectivity index (χ3v) is 4.04. The summed E-state index contributed by atoms with van der Waals surface area (Å²) in [5, 5.41) is 15.4. The molecule has 2 aromatic heterocycles. The Labute approximate surface area is 132 Å². The van der Waals surface area contributed by atoms with Gasteiger partial charge in [0.05, 0.1) is 16.8 Å². The van der Waals surface area contributed by atoms with E-state index < -0.39 is 0 Å². The van der Waals surface area contributed by atoms with Gasteiger partial charge in [-0.25, -0.2) is 0 Å². The summed E-state index contributed by atoms with van der Waals surface area (Å²) in [5.41, 5.74) is 3.88. The van der Waals surface area contributed by atoms with Crippen LogP contribution in [0.1, 0.15) is 12.5 Å². The summed E-state index contributed by atoms with van der Waals surface area (Å²) in [6, 6.07) is 11.7. The third kappa shape index (κ3) is 3.35. The zero-order valence-electron chi connectivity index (χ0n) is 12.1. The lowest BCUT2D eigenvalue weighted by Gasteiger charge is -2.08. The fourth-order valence-electron chi connectivity index (χ4n) is 2.19. The molecular formula is C16H16N4OS. The van der Waals surface area contributed by atoms with E-state index in [2.05, 4.69) is 26.9 Å². The standard InChI is InChI=1S/C16H16N4OS/c1-11(21)19-14-5-2-4-13(8-14)17-9-12-10-18-20-16(12)15-6-3-7-22-15/h2-8,10,17H,9H2,1H3,(H,18,20)(H,19,21). The third-order valence-electron chi connectivity index (χ3n) is 3.15. The van der Waals surface area contributed by atoms with Crippen molar-refractivity contribution in [2.75, 3.05) is 10.6 Å². The van der Waals surface area contributed by atoms with Crippen LogP contribution in [0.25, 0.3) is 10.6 Å². The molecule has 0 aliphatic rings. The maximum Gasteiger partial charge on any atom is 0.221 e. The van der Waals surface area contributed by atoms with E-state index in [9.17, 15) is 4.79 Å². The van der Waals surface area contributed by atoms with Gasteiger partial charge in [-0.3, -0.25) is 9.89 Å². The number of rotatable bonds is 5. The number of nitrogens with zero attached hydrogens (tertiary/aromatic N) is 1. The Bertz CT molecular complexity index is 764. The molecule has 0 aliphatic heterocycles. The highest BCUT2D eigenvalue weighted by atomic mass is 32.1. The zero-order chi connectivity index (χ0) is 15.4. The summed E-state index contributed by atoms with van der Waals surface area (Å²) >= 11 is 1.68. The molecule has 2 heterocycles. The van der Waals surface area contributed by atoms with Crippen molar-refractivity contribution in [1.82, 2.24) is 10.2 Å². The maximum atomic E-state index is 11.1. The van der Waals surface area contributed by atoms with Gasteiger partial charge in [-0.1, -0.05) is 12.1 Å². The number of amides is 1. The second-order valence-electron chi connectivity index (χ2n) is 4.86. The monoisotopic (exact) mass is 312 g/mol. The van der Waals surface area contributed by atoms with Gasteiger partial charge in [0.1, 0.15) is 0 Å². The van der Waals surface area contributed by atoms with Gasteiger partial charge in [-0.05, 0) is 29.6 Å². The number of nitrogens with one attached hydrogen (secondary N) is 3. The van der Waals surface area contributed by atoms with Crippen molar-refractivity contribution in [2.24, 2.45) is 0 Å². The molecule has 0 bridgehead atoms. The zero-order valence-corrected chi connectivity index (χ0v) is 12.9. The average molecular weight is 312 g/mol. The molecule has 0 fully saturated rings. The number of aromatic amines is 1. The Balaban J connectivity index is 1.71. The van der Waals surface area contributed by atoms with Crippen molar-refractivity contribution in [3.8, 4) is 10.6 Å². The van der Waals surface area contributed by atoms with Crippen molar-refractivity contribution in [1.29, 1.82) is 0 Å². The summed E-state index contributed by atoms with van der Waals surface area (Å²) in [7, 11) is 0. The van der Waals surface area contributed by atoms with Crippen LogP contribution in [0.5, 0.6) is 0 Å². The minimum absolute atomic E-state index is 0.0769. The maximum absolute atomic E-state index is 11.1. The molecule has 0 aliphatic carbocycles. The van der Waals surface area contributed by atoms with E-state index in [-0.39, 0.29) is 5.91 Å². The van der Waals surface area contributed by atoms with Crippen LogP contribution in [-0.4, -0.2) is 16.1 Å². The molecule has 112 valence electrons. The largest absolute Gasteiger partial charge is 0.381 e. The minimum Gasteiger partial charge on any atom is -0.381 e. The topological polar surface area (TPSA) is 69.8 Å². The summed E-state index contributed by atoms with van der Waals surface area (Å²) in [6.07, 6.45) is 1.83. The Morgan fingerprint density at radius 2 is 2.14 bits per heavy atom. The van der Waals surface area contributed by atoms with Crippen molar-refractivity contribution < 1.29 is 4.79 Å². The van der Waals surface area contributed by atoms with Gasteiger partial charge in [0.15, 0.2) is 0 Å². The van der Waals surface area contributed by atoms with E-state index in [1.807, 2.05) is 41.9 Å². The quantitative estimate of drug-likeness (QED) is 0.672. The molecule has 0 radical (unpaired) electrons. The number of anilines is 2. The number of benzene rings is 1. The Morgan fingerprint density at radius 3 is 2.91 bits per heavy atom. The molecule has 3 rings (SSSR count). The van der Waals surface area contributed by atoms with Crippen LogP contribution in [0.2, 0.25) is 0 Å². The summed E-state index contributed by atoms with van der Waals surface area (Å²) < 4.78 is 0. The number of thiophene rings is 1. The molecule has 0 atom stereocenters. The molecule has 3 aromatic rings. The first kappa shape index (κ1) is 14.3. The lowest BCUT2D eigenvalue weighted by Crippen LogP contribution is -2.06. The van der Waals surface area contributed by atoms with E-state index in [1.54, 1.807) is 11.3 Å². The average Bonchev–Trinajstić information content (AvgIpc) is 3.15.